The van der Waals surface area contributed by atoms with E-state index in [0.717, 1.165) is 31.5 Å². The van der Waals surface area contributed by atoms with Crippen LogP contribution in [-0.4, -0.2) is 25.0 Å². The number of nitriles is 1. The zero-order chi connectivity index (χ0) is 17.6. The minimum absolute atomic E-state index is 0.485. The third kappa shape index (κ3) is 4.04. The van der Waals surface area contributed by atoms with Gasteiger partial charge in [0.25, 0.3) is 0 Å². The Bertz CT molecular complexity index is 745. The highest BCUT2D eigenvalue weighted by molar-refractivity contribution is 5.87. The maximum atomic E-state index is 10.2. The minimum Gasteiger partial charge on any atom is -0.307 e. The summed E-state index contributed by atoms with van der Waals surface area (Å²) in [5, 5.41) is 12.6. The molecule has 0 aliphatic carbocycles. The molecule has 1 atom stereocenters. The molecule has 2 rings (SSSR count). The molecule has 24 heavy (non-hydrogen) atoms. The van der Waals surface area contributed by atoms with Crippen LogP contribution in [0.5, 0.6) is 0 Å². The molecule has 0 radical (unpaired) electrons. The van der Waals surface area contributed by atoms with Gasteiger partial charge in [0.15, 0.2) is 0 Å². The summed E-state index contributed by atoms with van der Waals surface area (Å²) in [5.74, 6) is 0. The fraction of sp³-hybridized carbons (Fsp3) is 0.409. The molecule has 2 nitrogen and oxygen atoms in total. The molecule has 0 bridgehead atoms. The van der Waals surface area contributed by atoms with Crippen molar-refractivity contribution in [2.75, 3.05) is 20.1 Å². The Morgan fingerprint density at radius 2 is 1.88 bits per heavy atom. The quantitative estimate of drug-likeness (QED) is 0.647. The van der Waals surface area contributed by atoms with Gasteiger partial charge in [-0.2, -0.15) is 5.26 Å². The molecule has 0 aromatic heterocycles. The molecule has 0 heterocycles. The summed E-state index contributed by atoms with van der Waals surface area (Å²) in [5.41, 5.74) is 1.94. The van der Waals surface area contributed by atoms with E-state index in [0.29, 0.717) is 0 Å². The summed E-state index contributed by atoms with van der Waals surface area (Å²) in [6.07, 6.45) is 3.81. The lowest BCUT2D eigenvalue weighted by molar-refractivity contribution is 0.315. The molecule has 2 aromatic rings. The molecule has 0 saturated heterocycles. The largest absolute Gasteiger partial charge is 0.307 e. The lowest BCUT2D eigenvalue weighted by Crippen LogP contribution is -2.30. The average molecular weight is 320 g/mol. The smallest absolute Gasteiger partial charge is 0.0874 e. The van der Waals surface area contributed by atoms with Crippen LogP contribution in [0, 0.1) is 11.3 Å². The summed E-state index contributed by atoms with van der Waals surface area (Å²) < 4.78 is 0. The van der Waals surface area contributed by atoms with Gasteiger partial charge in [-0.05, 0) is 63.2 Å². The summed E-state index contributed by atoms with van der Waals surface area (Å²) in [4.78, 5) is 2.28. The first-order valence-electron chi connectivity index (χ1n) is 8.74. The highest BCUT2D eigenvalue weighted by Gasteiger charge is 2.32. The first-order chi connectivity index (χ1) is 11.5. The van der Waals surface area contributed by atoms with E-state index in [1.807, 2.05) is 0 Å². The van der Waals surface area contributed by atoms with Crippen molar-refractivity contribution in [2.24, 2.45) is 0 Å². The molecular formula is C22H28N2. The number of nitrogens with zero attached hydrogens (tertiary/aromatic N) is 2. The van der Waals surface area contributed by atoms with Crippen molar-refractivity contribution >= 4 is 10.8 Å². The van der Waals surface area contributed by atoms with Gasteiger partial charge in [0.1, 0.15) is 0 Å². The molecule has 1 unspecified atom stereocenters. The van der Waals surface area contributed by atoms with E-state index in [4.69, 9.17) is 0 Å². The first-order valence-corrected chi connectivity index (χ1v) is 8.74. The second-order valence-electron chi connectivity index (χ2n) is 6.85. The van der Waals surface area contributed by atoms with Crippen LogP contribution >= 0.6 is 0 Å². The molecule has 0 fully saturated rings. The number of hydrogen-bond donors (Lipinski definition) is 0. The van der Waals surface area contributed by atoms with Crippen molar-refractivity contribution in [3.8, 4) is 6.07 Å². The van der Waals surface area contributed by atoms with Crippen LogP contribution in [0.15, 0.2) is 54.1 Å². The number of allylic oxidation sites excluding steroid dienone is 2. The van der Waals surface area contributed by atoms with Gasteiger partial charge >= 0.3 is 0 Å². The standard InChI is InChI=1S/C22H28N2/c1-5-24(4)16-15-22(17-23,14-13-18(2)3)21-12-8-10-19-9-6-7-11-20(19)21/h6-13H,5,14-16H2,1-4H3. The summed E-state index contributed by atoms with van der Waals surface area (Å²) >= 11 is 0. The third-order valence-corrected chi connectivity index (χ3v) is 4.84. The number of benzene rings is 2. The van der Waals surface area contributed by atoms with E-state index in [2.05, 4.69) is 87.3 Å². The minimum atomic E-state index is -0.485. The maximum absolute atomic E-state index is 10.2. The fourth-order valence-electron chi connectivity index (χ4n) is 3.07. The van der Waals surface area contributed by atoms with E-state index in [9.17, 15) is 5.26 Å². The van der Waals surface area contributed by atoms with Crippen molar-refractivity contribution in [2.45, 2.75) is 39.0 Å². The van der Waals surface area contributed by atoms with Crippen molar-refractivity contribution < 1.29 is 0 Å². The van der Waals surface area contributed by atoms with Gasteiger partial charge in [0, 0.05) is 0 Å². The van der Waals surface area contributed by atoms with Crippen molar-refractivity contribution in [3.63, 3.8) is 0 Å². The molecule has 2 heteroatoms. The van der Waals surface area contributed by atoms with E-state index < -0.39 is 5.41 Å². The second-order valence-corrected chi connectivity index (χ2v) is 6.85. The fourth-order valence-corrected chi connectivity index (χ4v) is 3.07. The molecular weight excluding hydrogens is 292 g/mol. The molecule has 0 N–H and O–H groups in total. The number of fused-ring (bicyclic) bond motifs is 1. The number of rotatable bonds is 7. The Kier molecular flexibility index (Phi) is 6.17. The van der Waals surface area contributed by atoms with E-state index in [1.54, 1.807) is 0 Å². The Hall–Kier alpha value is -2.11. The zero-order valence-electron chi connectivity index (χ0n) is 15.3. The predicted octanol–water partition coefficient (Wildman–Crippen LogP) is 5.30. The Morgan fingerprint density at radius 3 is 2.54 bits per heavy atom. The maximum Gasteiger partial charge on any atom is 0.0874 e. The Labute approximate surface area is 146 Å². The van der Waals surface area contributed by atoms with Gasteiger partial charge in [0.2, 0.25) is 0 Å². The van der Waals surface area contributed by atoms with E-state index in [-0.39, 0.29) is 0 Å². The van der Waals surface area contributed by atoms with Crippen LogP contribution in [0.3, 0.4) is 0 Å². The van der Waals surface area contributed by atoms with Crippen LogP contribution in [0.2, 0.25) is 0 Å². The third-order valence-electron chi connectivity index (χ3n) is 4.84. The van der Waals surface area contributed by atoms with E-state index in [1.165, 1.54) is 16.3 Å². The van der Waals surface area contributed by atoms with Crippen LogP contribution in [0.1, 0.15) is 39.2 Å². The predicted molar refractivity (Wildman–Crippen MR) is 103 cm³/mol. The van der Waals surface area contributed by atoms with Gasteiger partial charge in [-0.3, -0.25) is 0 Å². The van der Waals surface area contributed by atoms with Gasteiger partial charge in [-0.25, -0.2) is 0 Å². The summed E-state index contributed by atoms with van der Waals surface area (Å²) in [6, 6.07) is 17.4. The molecule has 2 aromatic carbocycles. The molecule has 0 spiro atoms. The lowest BCUT2D eigenvalue weighted by atomic mass is 9.74. The monoisotopic (exact) mass is 320 g/mol. The second kappa shape index (κ2) is 8.13. The molecule has 126 valence electrons. The van der Waals surface area contributed by atoms with Crippen LogP contribution in [0.25, 0.3) is 10.8 Å². The van der Waals surface area contributed by atoms with E-state index >= 15 is 0 Å². The molecule has 0 aliphatic heterocycles. The normalized spacial score (nSPS) is 13.5. The molecule has 0 saturated carbocycles. The first kappa shape index (κ1) is 18.2. The van der Waals surface area contributed by atoms with Crippen LogP contribution < -0.4 is 0 Å². The van der Waals surface area contributed by atoms with Crippen LogP contribution in [0.4, 0.5) is 0 Å². The van der Waals surface area contributed by atoms with Crippen molar-refractivity contribution in [3.05, 3.63) is 59.7 Å². The summed E-state index contributed by atoms with van der Waals surface area (Å²) in [7, 11) is 2.12. The SMILES string of the molecule is CCN(C)CCC(C#N)(CC=C(C)C)c1cccc2ccccc12. The topological polar surface area (TPSA) is 27.0 Å². The molecule has 0 aliphatic rings. The average Bonchev–Trinajstić information content (AvgIpc) is 2.61. The highest BCUT2D eigenvalue weighted by atomic mass is 15.1. The van der Waals surface area contributed by atoms with Crippen LogP contribution in [-0.2, 0) is 5.41 Å². The van der Waals surface area contributed by atoms with Gasteiger partial charge in [-0.15, -0.1) is 0 Å². The number of hydrogen-bond acceptors (Lipinski definition) is 2. The van der Waals surface area contributed by atoms with Crippen molar-refractivity contribution in [1.29, 1.82) is 5.26 Å². The van der Waals surface area contributed by atoms with Crippen molar-refractivity contribution in [1.82, 2.24) is 4.90 Å². The zero-order valence-corrected chi connectivity index (χ0v) is 15.3. The Morgan fingerprint density at radius 1 is 1.17 bits per heavy atom. The molecule has 0 amide bonds. The van der Waals surface area contributed by atoms with Gasteiger partial charge in [-0.1, -0.05) is 61.0 Å². The lowest BCUT2D eigenvalue weighted by Gasteiger charge is -2.29. The summed E-state index contributed by atoms with van der Waals surface area (Å²) in [6.45, 7) is 8.28. The van der Waals surface area contributed by atoms with Gasteiger partial charge < -0.3 is 4.90 Å². The van der Waals surface area contributed by atoms with Gasteiger partial charge in [0.05, 0.1) is 11.5 Å². The highest BCUT2D eigenvalue weighted by Crippen LogP contribution is 2.37. The Balaban J connectivity index is 2.54.